The summed E-state index contributed by atoms with van der Waals surface area (Å²) in [7, 11) is -4.03. The van der Waals surface area contributed by atoms with E-state index in [1.54, 1.807) is 0 Å². The van der Waals surface area contributed by atoms with Gasteiger partial charge < -0.3 is 10.2 Å². The van der Waals surface area contributed by atoms with Gasteiger partial charge in [0, 0.05) is 19.5 Å². The molecule has 0 saturated heterocycles. The van der Waals surface area contributed by atoms with Crippen LogP contribution in [0.4, 0.5) is 10.1 Å². The molecule has 9 heteroatoms. The quantitative estimate of drug-likeness (QED) is 0.362. The van der Waals surface area contributed by atoms with Gasteiger partial charge in [0.05, 0.1) is 11.9 Å². The number of hydrogen-bond donors (Lipinski definition) is 1. The number of para-hydroxylation sites is 1. The van der Waals surface area contributed by atoms with E-state index in [1.165, 1.54) is 23.1 Å². The number of nitrogens with one attached hydrogen (secondary N) is 1. The van der Waals surface area contributed by atoms with Crippen molar-refractivity contribution in [1.82, 2.24) is 10.2 Å². The number of anilines is 1. The summed E-state index contributed by atoms with van der Waals surface area (Å²) < 4.78 is 40.9. The van der Waals surface area contributed by atoms with Crippen LogP contribution in [0.2, 0.25) is 0 Å². The highest BCUT2D eigenvalue weighted by molar-refractivity contribution is 7.92. The summed E-state index contributed by atoms with van der Waals surface area (Å²) in [5.41, 5.74) is 2.36. The largest absolute Gasteiger partial charge is 0.354 e. The minimum atomic E-state index is -4.03. The second kappa shape index (κ2) is 13.4. The third-order valence-corrected chi connectivity index (χ3v) is 7.48. The van der Waals surface area contributed by atoms with Gasteiger partial charge in [-0.1, -0.05) is 80.6 Å². The number of sulfonamides is 1. The Morgan fingerprint density at radius 2 is 1.54 bits per heavy atom. The normalized spacial score (nSPS) is 12.2. The van der Waals surface area contributed by atoms with E-state index in [0.29, 0.717) is 6.54 Å². The average molecular weight is 554 g/mol. The van der Waals surface area contributed by atoms with E-state index >= 15 is 0 Å². The molecule has 0 aliphatic carbocycles. The molecule has 39 heavy (non-hydrogen) atoms. The highest BCUT2D eigenvalue weighted by Gasteiger charge is 2.33. The molecule has 0 unspecified atom stereocenters. The number of aryl methyl sites for hydroxylation is 1. The lowest BCUT2D eigenvalue weighted by molar-refractivity contribution is -0.140. The van der Waals surface area contributed by atoms with Gasteiger partial charge in [0.1, 0.15) is 18.4 Å². The highest BCUT2D eigenvalue weighted by Crippen LogP contribution is 2.23. The molecule has 0 aliphatic heterocycles. The maximum atomic E-state index is 14.7. The number of hydrogen-bond acceptors (Lipinski definition) is 4. The molecule has 0 bridgehead atoms. The minimum Gasteiger partial charge on any atom is -0.354 e. The molecule has 0 aliphatic rings. The summed E-state index contributed by atoms with van der Waals surface area (Å²) in [5.74, 6) is -1.54. The second-order valence-electron chi connectivity index (χ2n) is 10.0. The summed E-state index contributed by atoms with van der Waals surface area (Å²) in [6.07, 6.45) is 1.15. The van der Waals surface area contributed by atoms with Gasteiger partial charge in [-0.2, -0.15) is 0 Å². The van der Waals surface area contributed by atoms with Crippen LogP contribution in [0.1, 0.15) is 30.5 Å². The molecule has 7 nitrogen and oxygen atoms in total. The fourth-order valence-corrected chi connectivity index (χ4v) is 5.05. The molecular formula is C30H36FN3O4S. The van der Waals surface area contributed by atoms with Crippen LogP contribution in [-0.4, -0.2) is 50.5 Å². The van der Waals surface area contributed by atoms with Crippen LogP contribution < -0.4 is 9.62 Å². The van der Waals surface area contributed by atoms with Crippen molar-refractivity contribution in [3.05, 3.63) is 101 Å². The van der Waals surface area contributed by atoms with Gasteiger partial charge in [-0.25, -0.2) is 12.8 Å². The average Bonchev–Trinajstić information content (AvgIpc) is 2.89. The van der Waals surface area contributed by atoms with Crippen LogP contribution in [-0.2, 0) is 32.6 Å². The van der Waals surface area contributed by atoms with E-state index in [4.69, 9.17) is 0 Å². The van der Waals surface area contributed by atoms with Gasteiger partial charge in [0.2, 0.25) is 21.8 Å². The van der Waals surface area contributed by atoms with E-state index in [2.05, 4.69) is 5.32 Å². The predicted octanol–water partition coefficient (Wildman–Crippen LogP) is 4.31. The highest BCUT2D eigenvalue weighted by atomic mass is 32.2. The third kappa shape index (κ3) is 8.38. The first-order chi connectivity index (χ1) is 18.5. The fourth-order valence-electron chi connectivity index (χ4n) is 4.20. The summed E-state index contributed by atoms with van der Waals surface area (Å²) in [6.45, 7) is 5.69. The van der Waals surface area contributed by atoms with Crippen molar-refractivity contribution < 1.29 is 22.4 Å². The molecule has 0 heterocycles. The van der Waals surface area contributed by atoms with Crippen LogP contribution in [0.3, 0.4) is 0 Å². The van der Waals surface area contributed by atoms with Crippen LogP contribution in [0.15, 0.2) is 78.9 Å². The van der Waals surface area contributed by atoms with Crippen molar-refractivity contribution in [3.63, 3.8) is 0 Å². The number of halogens is 1. The Morgan fingerprint density at radius 3 is 2.15 bits per heavy atom. The second-order valence-corrected chi connectivity index (χ2v) is 11.9. The molecule has 208 valence electrons. The molecule has 3 aromatic rings. The Bertz CT molecular complexity index is 1380. The number of benzene rings is 3. The zero-order valence-corrected chi connectivity index (χ0v) is 23.6. The number of amides is 2. The van der Waals surface area contributed by atoms with Crippen LogP contribution in [0.25, 0.3) is 0 Å². The van der Waals surface area contributed by atoms with Crippen molar-refractivity contribution in [3.8, 4) is 0 Å². The van der Waals surface area contributed by atoms with E-state index in [9.17, 15) is 22.4 Å². The molecule has 1 atom stereocenters. The molecule has 0 spiro atoms. The lowest BCUT2D eigenvalue weighted by Crippen LogP contribution is -2.53. The summed E-state index contributed by atoms with van der Waals surface area (Å²) in [6, 6.07) is 21.3. The Hall–Kier alpha value is -3.72. The predicted molar refractivity (Wildman–Crippen MR) is 152 cm³/mol. The Balaban J connectivity index is 2.06. The first-order valence-corrected chi connectivity index (χ1v) is 14.7. The SMILES string of the molecule is Cc1ccccc1CN(C(=O)CN(c1ccccc1F)S(C)(=O)=O)[C@H](Cc1ccccc1)C(=O)NCC(C)C. The minimum absolute atomic E-state index is 0.0764. The van der Waals surface area contributed by atoms with Gasteiger partial charge in [0.15, 0.2) is 0 Å². The van der Waals surface area contributed by atoms with Crippen molar-refractivity contribution in [2.24, 2.45) is 5.92 Å². The lowest BCUT2D eigenvalue weighted by Gasteiger charge is -2.34. The van der Waals surface area contributed by atoms with E-state index in [1.807, 2.05) is 75.4 Å². The van der Waals surface area contributed by atoms with Crippen LogP contribution >= 0.6 is 0 Å². The number of carbonyl (C=O) groups is 2. The van der Waals surface area contributed by atoms with E-state index in [-0.39, 0.29) is 30.5 Å². The Morgan fingerprint density at radius 1 is 0.923 bits per heavy atom. The molecule has 0 fully saturated rings. The maximum absolute atomic E-state index is 14.7. The monoisotopic (exact) mass is 553 g/mol. The maximum Gasteiger partial charge on any atom is 0.244 e. The third-order valence-electron chi connectivity index (χ3n) is 6.36. The van der Waals surface area contributed by atoms with E-state index in [0.717, 1.165) is 33.3 Å². The Kier molecular flexibility index (Phi) is 10.2. The topological polar surface area (TPSA) is 86.8 Å². The Labute approximate surface area is 230 Å². The number of nitrogens with zero attached hydrogens (tertiary/aromatic N) is 2. The molecule has 3 aromatic carbocycles. The van der Waals surface area contributed by atoms with Crippen molar-refractivity contribution in [2.75, 3.05) is 23.7 Å². The lowest BCUT2D eigenvalue weighted by atomic mass is 10.0. The van der Waals surface area contributed by atoms with Crippen molar-refractivity contribution in [1.29, 1.82) is 0 Å². The van der Waals surface area contributed by atoms with Gasteiger partial charge >= 0.3 is 0 Å². The summed E-state index contributed by atoms with van der Waals surface area (Å²) in [4.78, 5) is 29.0. The van der Waals surface area contributed by atoms with Gasteiger partial charge in [-0.15, -0.1) is 0 Å². The van der Waals surface area contributed by atoms with Crippen molar-refractivity contribution in [2.45, 2.75) is 39.8 Å². The first kappa shape index (κ1) is 29.8. The zero-order chi connectivity index (χ0) is 28.6. The van der Waals surface area contributed by atoms with Gasteiger partial charge in [0.25, 0.3) is 0 Å². The van der Waals surface area contributed by atoms with Gasteiger partial charge in [-0.05, 0) is 41.7 Å². The molecule has 1 N–H and O–H groups in total. The fraction of sp³-hybridized carbons (Fsp3) is 0.333. The number of rotatable bonds is 12. The van der Waals surface area contributed by atoms with E-state index < -0.39 is 34.3 Å². The molecular weight excluding hydrogens is 517 g/mol. The van der Waals surface area contributed by atoms with Crippen LogP contribution in [0.5, 0.6) is 0 Å². The molecule has 0 aromatic heterocycles. The molecule has 0 saturated carbocycles. The van der Waals surface area contributed by atoms with Crippen LogP contribution in [0, 0.1) is 18.7 Å². The molecule has 2 amide bonds. The van der Waals surface area contributed by atoms with Crippen molar-refractivity contribution >= 4 is 27.5 Å². The first-order valence-electron chi connectivity index (χ1n) is 12.8. The zero-order valence-electron chi connectivity index (χ0n) is 22.8. The molecule has 0 radical (unpaired) electrons. The molecule has 3 rings (SSSR count). The number of carbonyl (C=O) groups excluding carboxylic acids is 2. The summed E-state index contributed by atoms with van der Waals surface area (Å²) in [5, 5.41) is 2.94. The van der Waals surface area contributed by atoms with Gasteiger partial charge in [-0.3, -0.25) is 13.9 Å². The smallest absolute Gasteiger partial charge is 0.244 e. The standard InChI is InChI=1S/C30H36FN3O4S/c1-22(2)19-32-30(36)28(18-24-13-6-5-7-14-24)33(20-25-15-9-8-12-23(25)3)29(35)21-34(39(4,37)38)27-17-11-10-16-26(27)31/h5-17,22,28H,18-21H2,1-4H3,(H,32,36)/t28-/m1/s1. The summed E-state index contributed by atoms with van der Waals surface area (Å²) >= 11 is 0.